The first kappa shape index (κ1) is 17.5. The number of aryl methyl sites for hydroxylation is 1. The van der Waals surface area contributed by atoms with Crippen LogP contribution in [0.2, 0.25) is 0 Å². The molecular weight excluding hydrogens is 336 g/mol. The molecule has 0 aliphatic carbocycles. The van der Waals surface area contributed by atoms with Gasteiger partial charge in [-0.05, 0) is 19.1 Å². The highest BCUT2D eigenvalue weighted by Crippen LogP contribution is 2.12. The molecule has 3 rings (SSSR count). The molecule has 3 aromatic heterocycles. The summed E-state index contributed by atoms with van der Waals surface area (Å²) >= 11 is 0. The number of hydrogen-bond acceptors (Lipinski definition) is 7. The second-order valence-electron chi connectivity index (χ2n) is 5.47. The van der Waals surface area contributed by atoms with Gasteiger partial charge < -0.3 is 14.7 Å². The Morgan fingerprint density at radius 1 is 1.27 bits per heavy atom. The minimum Gasteiger partial charge on any atom is -0.337 e. The molecule has 3 aromatic rings. The molecule has 0 aliphatic rings. The third kappa shape index (κ3) is 4.21. The summed E-state index contributed by atoms with van der Waals surface area (Å²) < 4.78 is 5.14. The highest BCUT2D eigenvalue weighted by Gasteiger charge is 2.16. The molecule has 0 saturated heterocycles. The van der Waals surface area contributed by atoms with Crippen LogP contribution in [-0.2, 0) is 19.5 Å². The Morgan fingerprint density at radius 2 is 2.08 bits per heavy atom. The molecule has 0 bridgehead atoms. The maximum atomic E-state index is 12.4. The second kappa shape index (κ2) is 8.19. The summed E-state index contributed by atoms with van der Waals surface area (Å²) in [6.07, 6.45) is 4.04. The lowest BCUT2D eigenvalue weighted by Crippen LogP contribution is -2.39. The summed E-state index contributed by atoms with van der Waals surface area (Å²) in [5, 5.41) is 13.6. The lowest BCUT2D eigenvalue weighted by Gasteiger charge is -2.18. The van der Waals surface area contributed by atoms with Crippen LogP contribution in [0.15, 0.2) is 29.0 Å². The van der Waals surface area contributed by atoms with Crippen LogP contribution in [0.3, 0.4) is 0 Å². The van der Waals surface area contributed by atoms with E-state index in [1.807, 2.05) is 26.0 Å². The van der Waals surface area contributed by atoms with Gasteiger partial charge in [-0.3, -0.25) is 10.1 Å². The van der Waals surface area contributed by atoms with Gasteiger partial charge in [0.25, 0.3) is 0 Å². The van der Waals surface area contributed by atoms with Crippen molar-refractivity contribution in [3.8, 4) is 11.4 Å². The SMILES string of the molecule is CCc1noc(CN(CC)C(=O)NCc2nc(-c3ccncc3)n[nH]2)n1. The first-order valence-electron chi connectivity index (χ1n) is 8.35. The minimum absolute atomic E-state index is 0.234. The third-order valence-electron chi connectivity index (χ3n) is 3.70. The highest BCUT2D eigenvalue weighted by atomic mass is 16.5. The molecule has 136 valence electrons. The molecule has 0 unspecified atom stereocenters. The van der Waals surface area contributed by atoms with E-state index in [-0.39, 0.29) is 19.1 Å². The summed E-state index contributed by atoms with van der Waals surface area (Å²) in [6, 6.07) is 3.39. The van der Waals surface area contributed by atoms with Crippen molar-refractivity contribution in [2.45, 2.75) is 33.4 Å². The van der Waals surface area contributed by atoms with Crippen LogP contribution in [0, 0.1) is 0 Å². The predicted molar refractivity (Wildman–Crippen MR) is 91.6 cm³/mol. The van der Waals surface area contributed by atoms with Crippen molar-refractivity contribution in [3.05, 3.63) is 42.1 Å². The van der Waals surface area contributed by atoms with Gasteiger partial charge in [0, 0.05) is 30.9 Å². The van der Waals surface area contributed by atoms with Crippen LogP contribution in [0.5, 0.6) is 0 Å². The van der Waals surface area contributed by atoms with Crippen LogP contribution < -0.4 is 5.32 Å². The number of urea groups is 1. The fourth-order valence-electron chi connectivity index (χ4n) is 2.26. The van der Waals surface area contributed by atoms with Crippen molar-refractivity contribution in [3.63, 3.8) is 0 Å². The molecular formula is C16H20N8O2. The van der Waals surface area contributed by atoms with Crippen LogP contribution in [-0.4, -0.2) is 47.8 Å². The summed E-state index contributed by atoms with van der Waals surface area (Å²) in [5.41, 5.74) is 0.854. The maximum Gasteiger partial charge on any atom is 0.318 e. The monoisotopic (exact) mass is 356 g/mol. The van der Waals surface area contributed by atoms with Crippen molar-refractivity contribution in [1.29, 1.82) is 0 Å². The normalized spacial score (nSPS) is 10.7. The van der Waals surface area contributed by atoms with Crippen LogP contribution in [0.1, 0.15) is 31.4 Å². The molecule has 0 fully saturated rings. The number of amides is 2. The largest absolute Gasteiger partial charge is 0.337 e. The number of pyridine rings is 1. The van der Waals surface area contributed by atoms with Crippen molar-refractivity contribution < 1.29 is 9.32 Å². The lowest BCUT2D eigenvalue weighted by molar-refractivity contribution is 0.189. The molecule has 2 amide bonds. The maximum absolute atomic E-state index is 12.4. The van der Waals surface area contributed by atoms with Crippen LogP contribution in [0.4, 0.5) is 4.79 Å². The number of nitrogens with one attached hydrogen (secondary N) is 2. The zero-order valence-corrected chi connectivity index (χ0v) is 14.6. The number of carbonyl (C=O) groups excluding carboxylic acids is 1. The van der Waals surface area contributed by atoms with E-state index in [9.17, 15) is 4.79 Å². The van der Waals surface area contributed by atoms with Crippen molar-refractivity contribution >= 4 is 6.03 Å². The molecule has 0 aromatic carbocycles. The molecule has 10 nitrogen and oxygen atoms in total. The summed E-state index contributed by atoms with van der Waals surface area (Å²) in [7, 11) is 0. The van der Waals surface area contributed by atoms with E-state index in [4.69, 9.17) is 4.52 Å². The number of rotatable bonds is 7. The first-order chi connectivity index (χ1) is 12.7. The molecule has 2 N–H and O–H groups in total. The van der Waals surface area contributed by atoms with E-state index in [1.54, 1.807) is 17.3 Å². The van der Waals surface area contributed by atoms with E-state index in [0.717, 1.165) is 5.56 Å². The first-order valence-corrected chi connectivity index (χ1v) is 8.35. The topological polar surface area (TPSA) is 126 Å². The fraction of sp³-hybridized carbons (Fsp3) is 0.375. The Labute approximate surface area is 150 Å². The average Bonchev–Trinajstić information content (AvgIpc) is 3.34. The van der Waals surface area contributed by atoms with E-state index in [1.165, 1.54) is 0 Å². The van der Waals surface area contributed by atoms with Gasteiger partial charge in [-0.25, -0.2) is 9.78 Å². The zero-order chi connectivity index (χ0) is 18.4. The van der Waals surface area contributed by atoms with Gasteiger partial charge in [-0.2, -0.15) is 10.1 Å². The smallest absolute Gasteiger partial charge is 0.318 e. The number of aromatic nitrogens is 6. The standard InChI is InChI=1S/C16H20N8O2/c1-3-12-19-14(26-23-12)10-24(4-2)16(25)18-9-13-20-15(22-21-13)11-5-7-17-8-6-11/h5-8H,3-4,9-10H2,1-2H3,(H,18,25)(H,20,21,22). The second-order valence-corrected chi connectivity index (χ2v) is 5.47. The Kier molecular flexibility index (Phi) is 5.52. The Bertz CT molecular complexity index is 845. The Balaban J connectivity index is 1.56. The molecule has 0 radical (unpaired) electrons. The molecule has 26 heavy (non-hydrogen) atoms. The van der Waals surface area contributed by atoms with Gasteiger partial charge in [-0.1, -0.05) is 12.1 Å². The lowest BCUT2D eigenvalue weighted by atomic mass is 10.2. The molecule has 0 aliphatic heterocycles. The van der Waals surface area contributed by atoms with E-state index in [0.29, 0.717) is 36.3 Å². The molecule has 0 atom stereocenters. The van der Waals surface area contributed by atoms with Gasteiger partial charge >= 0.3 is 6.03 Å². The number of H-pyrrole nitrogens is 1. The fourth-order valence-corrected chi connectivity index (χ4v) is 2.26. The van der Waals surface area contributed by atoms with E-state index in [2.05, 4.69) is 35.6 Å². The number of nitrogens with zero attached hydrogens (tertiary/aromatic N) is 6. The van der Waals surface area contributed by atoms with Crippen molar-refractivity contribution in [2.24, 2.45) is 0 Å². The molecule has 0 saturated carbocycles. The minimum atomic E-state index is -0.245. The van der Waals surface area contributed by atoms with Crippen molar-refractivity contribution in [1.82, 2.24) is 40.5 Å². The van der Waals surface area contributed by atoms with Gasteiger partial charge in [-0.15, -0.1) is 0 Å². The van der Waals surface area contributed by atoms with Crippen LogP contribution in [0.25, 0.3) is 11.4 Å². The average molecular weight is 356 g/mol. The molecule has 0 spiro atoms. The summed E-state index contributed by atoms with van der Waals surface area (Å²) in [6.45, 7) is 4.82. The number of carbonyl (C=O) groups is 1. The third-order valence-corrected chi connectivity index (χ3v) is 3.70. The summed E-state index contributed by atoms with van der Waals surface area (Å²) in [4.78, 5) is 26.5. The Morgan fingerprint density at radius 3 is 2.77 bits per heavy atom. The van der Waals surface area contributed by atoms with Crippen LogP contribution >= 0.6 is 0 Å². The van der Waals surface area contributed by atoms with Gasteiger partial charge in [0.05, 0.1) is 6.54 Å². The predicted octanol–water partition coefficient (Wildman–Crippen LogP) is 1.54. The van der Waals surface area contributed by atoms with Gasteiger partial charge in [0.2, 0.25) is 5.89 Å². The number of aromatic amines is 1. The van der Waals surface area contributed by atoms with Gasteiger partial charge in [0.1, 0.15) is 12.4 Å². The van der Waals surface area contributed by atoms with Crippen molar-refractivity contribution in [2.75, 3.05) is 6.54 Å². The molecule has 3 heterocycles. The molecule has 10 heteroatoms. The number of hydrogen-bond donors (Lipinski definition) is 2. The van der Waals surface area contributed by atoms with Gasteiger partial charge in [0.15, 0.2) is 11.6 Å². The zero-order valence-electron chi connectivity index (χ0n) is 14.6. The Hall–Kier alpha value is -3.30. The van der Waals surface area contributed by atoms with E-state index >= 15 is 0 Å². The highest BCUT2D eigenvalue weighted by molar-refractivity contribution is 5.73. The van der Waals surface area contributed by atoms with E-state index < -0.39 is 0 Å². The quantitative estimate of drug-likeness (QED) is 0.657. The summed E-state index contributed by atoms with van der Waals surface area (Å²) in [5.74, 6) is 2.16.